The molecule has 1 unspecified atom stereocenters. The molecule has 2 saturated heterocycles. The molecule has 0 bridgehead atoms. The summed E-state index contributed by atoms with van der Waals surface area (Å²) >= 11 is 0. The molecule has 2 aliphatic rings. The maximum atomic E-state index is 6.33. The highest BCUT2D eigenvalue weighted by molar-refractivity contribution is 5.74. The smallest absolute Gasteiger partial charge is 0.227 e. The number of benzene rings is 1. The fourth-order valence-corrected chi connectivity index (χ4v) is 4.21. The monoisotopic (exact) mass is 435 g/mol. The molecule has 5 rings (SSSR count). The molecular weight excluding hydrogens is 406 g/mol. The average molecular weight is 436 g/mol. The predicted octanol–water partition coefficient (Wildman–Crippen LogP) is 2.85. The van der Waals surface area contributed by atoms with Gasteiger partial charge in [0.1, 0.15) is 6.10 Å². The third-order valence-electron chi connectivity index (χ3n) is 6.15. The van der Waals surface area contributed by atoms with E-state index >= 15 is 0 Å². The molecule has 0 amide bonds. The first kappa shape index (κ1) is 20.9. The van der Waals surface area contributed by atoms with Crippen LogP contribution < -0.4 is 21.3 Å². The molecule has 0 radical (unpaired) electrons. The summed E-state index contributed by atoms with van der Waals surface area (Å²) in [6.07, 6.45) is 6.58. The summed E-state index contributed by atoms with van der Waals surface area (Å²) in [5, 5.41) is 6.79. The lowest BCUT2D eigenvalue weighted by Crippen LogP contribution is -2.48. The van der Waals surface area contributed by atoms with Crippen LogP contribution in [-0.2, 0) is 4.74 Å². The zero-order valence-corrected chi connectivity index (χ0v) is 18.3. The quantitative estimate of drug-likeness (QED) is 0.556. The fraction of sp³-hybridized carbons (Fsp3) is 0.435. The van der Waals surface area contributed by atoms with Crippen LogP contribution in [0, 0.1) is 0 Å². The molecule has 3 aromatic rings. The number of rotatable bonds is 5. The molecule has 168 valence electrons. The van der Waals surface area contributed by atoms with E-state index in [4.69, 9.17) is 19.9 Å². The Morgan fingerprint density at radius 3 is 2.81 bits per heavy atom. The van der Waals surface area contributed by atoms with Gasteiger partial charge in [-0.2, -0.15) is 0 Å². The summed E-state index contributed by atoms with van der Waals surface area (Å²) in [6.45, 7) is 6.11. The van der Waals surface area contributed by atoms with Crippen LogP contribution in [0.2, 0.25) is 0 Å². The van der Waals surface area contributed by atoms with Gasteiger partial charge in [-0.25, -0.2) is 15.0 Å². The zero-order chi connectivity index (χ0) is 22.0. The van der Waals surface area contributed by atoms with Gasteiger partial charge in [-0.3, -0.25) is 0 Å². The summed E-state index contributed by atoms with van der Waals surface area (Å²) in [7, 11) is 0. The maximum Gasteiger partial charge on any atom is 0.227 e. The molecule has 9 heteroatoms. The van der Waals surface area contributed by atoms with Crippen LogP contribution >= 0.6 is 0 Å². The average Bonchev–Trinajstić information content (AvgIpc) is 3.35. The second-order valence-electron chi connectivity index (χ2n) is 8.70. The Morgan fingerprint density at radius 1 is 1.22 bits per heavy atom. The number of para-hydroxylation sites is 2. The van der Waals surface area contributed by atoms with Crippen molar-refractivity contribution in [1.29, 1.82) is 0 Å². The highest BCUT2D eigenvalue weighted by atomic mass is 16.5. The van der Waals surface area contributed by atoms with E-state index in [2.05, 4.69) is 50.6 Å². The summed E-state index contributed by atoms with van der Waals surface area (Å²) in [5.41, 5.74) is 9.89. The number of anilines is 3. The summed E-state index contributed by atoms with van der Waals surface area (Å²) in [6, 6.07) is 8.25. The van der Waals surface area contributed by atoms with Crippen molar-refractivity contribution < 1.29 is 9.15 Å². The Hall–Kier alpha value is -3.01. The van der Waals surface area contributed by atoms with Gasteiger partial charge in [0.05, 0.1) is 35.4 Å². The van der Waals surface area contributed by atoms with Crippen molar-refractivity contribution in [2.75, 3.05) is 43.0 Å². The second kappa shape index (κ2) is 8.85. The lowest BCUT2D eigenvalue weighted by molar-refractivity contribution is 0.0253. The van der Waals surface area contributed by atoms with Gasteiger partial charge in [0.25, 0.3) is 0 Å². The number of nitrogens with one attached hydrogen (secondary N) is 2. The van der Waals surface area contributed by atoms with Crippen molar-refractivity contribution in [3.8, 4) is 11.3 Å². The fourth-order valence-electron chi connectivity index (χ4n) is 4.21. The first-order chi connectivity index (χ1) is 15.6. The molecule has 9 nitrogen and oxygen atoms in total. The maximum absolute atomic E-state index is 6.33. The lowest BCUT2D eigenvalue weighted by Gasteiger charge is -2.38. The van der Waals surface area contributed by atoms with E-state index in [1.807, 2.05) is 6.07 Å². The standard InChI is InChI=1S/C23H29N7O2/c1-23(24)6-9-30(10-7-23)18-5-3-2-4-17(18)28-22-27-12-16(19-13-26-15-32-19)21(29-22)20-14-25-8-11-31-20/h2-5,12-13,15,20,25H,6-11,14,24H2,1H3,(H,27,28,29). The van der Waals surface area contributed by atoms with Crippen molar-refractivity contribution in [3.63, 3.8) is 0 Å². The highest BCUT2D eigenvalue weighted by Gasteiger charge is 2.27. The molecule has 2 fully saturated rings. The number of hydrogen-bond acceptors (Lipinski definition) is 9. The SMILES string of the molecule is CC1(N)CCN(c2ccccc2Nc2ncc(-c3cnco3)c(C3CNCCO3)n2)CC1. The van der Waals surface area contributed by atoms with E-state index in [9.17, 15) is 0 Å². The molecular formula is C23H29N7O2. The van der Waals surface area contributed by atoms with Crippen molar-refractivity contribution in [3.05, 3.63) is 48.7 Å². The van der Waals surface area contributed by atoms with Crippen LogP contribution in [0.1, 0.15) is 31.6 Å². The molecule has 1 aromatic carbocycles. The lowest BCUT2D eigenvalue weighted by atomic mass is 9.90. The Labute approximate surface area is 187 Å². The van der Waals surface area contributed by atoms with Crippen LogP contribution in [0.4, 0.5) is 17.3 Å². The number of hydrogen-bond donors (Lipinski definition) is 3. The van der Waals surface area contributed by atoms with Crippen molar-refractivity contribution in [2.24, 2.45) is 5.73 Å². The van der Waals surface area contributed by atoms with Crippen LogP contribution in [-0.4, -0.2) is 53.3 Å². The topological polar surface area (TPSA) is 114 Å². The van der Waals surface area contributed by atoms with Crippen molar-refractivity contribution in [1.82, 2.24) is 20.3 Å². The summed E-state index contributed by atoms with van der Waals surface area (Å²) < 4.78 is 11.5. The van der Waals surface area contributed by atoms with E-state index in [0.717, 1.165) is 55.1 Å². The van der Waals surface area contributed by atoms with Crippen LogP contribution in [0.15, 0.2) is 47.5 Å². The minimum atomic E-state index is -0.188. The number of nitrogens with two attached hydrogens (primary N) is 1. The Bertz CT molecular complexity index is 1040. The van der Waals surface area contributed by atoms with Gasteiger partial charge in [0, 0.05) is 37.9 Å². The van der Waals surface area contributed by atoms with Crippen molar-refractivity contribution >= 4 is 17.3 Å². The Kier molecular flexibility index (Phi) is 5.77. The highest BCUT2D eigenvalue weighted by Crippen LogP contribution is 2.33. The first-order valence-electron chi connectivity index (χ1n) is 11.1. The van der Waals surface area contributed by atoms with E-state index in [0.29, 0.717) is 24.9 Å². The minimum Gasteiger partial charge on any atom is -0.443 e. The normalized spacial score (nSPS) is 20.8. The molecule has 32 heavy (non-hydrogen) atoms. The van der Waals surface area contributed by atoms with Gasteiger partial charge in [-0.15, -0.1) is 0 Å². The number of nitrogens with zero attached hydrogens (tertiary/aromatic N) is 4. The number of morpholine rings is 1. The number of aromatic nitrogens is 3. The third-order valence-corrected chi connectivity index (χ3v) is 6.15. The number of ether oxygens (including phenoxy) is 1. The predicted molar refractivity (Wildman–Crippen MR) is 123 cm³/mol. The minimum absolute atomic E-state index is 0.0958. The number of piperidine rings is 1. The van der Waals surface area contributed by atoms with Crippen LogP contribution in [0.5, 0.6) is 0 Å². The Balaban J connectivity index is 1.44. The van der Waals surface area contributed by atoms with E-state index in [-0.39, 0.29) is 11.6 Å². The van der Waals surface area contributed by atoms with E-state index in [1.165, 1.54) is 6.39 Å². The Morgan fingerprint density at radius 2 is 2.06 bits per heavy atom. The van der Waals surface area contributed by atoms with Crippen LogP contribution in [0.25, 0.3) is 11.3 Å². The van der Waals surface area contributed by atoms with Gasteiger partial charge >= 0.3 is 0 Å². The second-order valence-corrected chi connectivity index (χ2v) is 8.70. The molecule has 0 saturated carbocycles. The molecule has 2 aliphatic heterocycles. The molecule has 4 heterocycles. The van der Waals surface area contributed by atoms with Gasteiger partial charge < -0.3 is 30.4 Å². The molecule has 0 spiro atoms. The summed E-state index contributed by atoms with van der Waals surface area (Å²) in [4.78, 5) is 15.8. The van der Waals surface area contributed by atoms with Crippen molar-refractivity contribution in [2.45, 2.75) is 31.4 Å². The molecule has 0 aliphatic carbocycles. The van der Waals surface area contributed by atoms with Gasteiger partial charge in [-0.1, -0.05) is 12.1 Å². The van der Waals surface area contributed by atoms with Gasteiger partial charge in [0.2, 0.25) is 5.95 Å². The zero-order valence-electron chi connectivity index (χ0n) is 18.3. The van der Waals surface area contributed by atoms with E-state index in [1.54, 1.807) is 12.4 Å². The van der Waals surface area contributed by atoms with Crippen LogP contribution in [0.3, 0.4) is 0 Å². The first-order valence-corrected chi connectivity index (χ1v) is 11.1. The molecule has 2 aromatic heterocycles. The van der Waals surface area contributed by atoms with E-state index < -0.39 is 0 Å². The summed E-state index contributed by atoms with van der Waals surface area (Å²) in [5.74, 6) is 1.14. The largest absolute Gasteiger partial charge is 0.443 e. The van der Waals surface area contributed by atoms with Gasteiger partial charge in [-0.05, 0) is 31.9 Å². The number of oxazole rings is 1. The molecule has 4 N–H and O–H groups in total. The van der Waals surface area contributed by atoms with Gasteiger partial charge in [0.15, 0.2) is 12.2 Å². The molecule has 1 atom stereocenters. The third kappa shape index (κ3) is 4.45.